The monoisotopic (exact) mass is 217 g/mol. The predicted octanol–water partition coefficient (Wildman–Crippen LogP) is 1.64. The largest absolute Gasteiger partial charge is 0.464 e. The summed E-state index contributed by atoms with van der Waals surface area (Å²) in [5, 5.41) is 3.48. The molecule has 2 rings (SSSR count). The molecule has 1 aromatic heterocycles. The summed E-state index contributed by atoms with van der Waals surface area (Å²) in [4.78, 5) is 21.8. The molecule has 0 unspecified atom stereocenters. The maximum Gasteiger partial charge on any atom is 0.287 e. The number of carbonyl (C=O) groups excluding carboxylic acids is 2. The van der Waals surface area contributed by atoms with Gasteiger partial charge in [0, 0.05) is 24.4 Å². The summed E-state index contributed by atoms with van der Waals surface area (Å²) in [5.74, 6) is -1.07. The third kappa shape index (κ3) is 1.95. The van der Waals surface area contributed by atoms with Gasteiger partial charge in [-0.05, 0) is 6.07 Å². The van der Waals surface area contributed by atoms with Crippen molar-refractivity contribution in [1.82, 2.24) is 5.32 Å². The Labute approximate surface area is 92.2 Å². The minimum Gasteiger partial charge on any atom is -0.464 e. The molecule has 1 heterocycles. The van der Waals surface area contributed by atoms with Gasteiger partial charge in [-0.3, -0.25) is 9.59 Å². The first-order valence-corrected chi connectivity index (χ1v) is 4.92. The van der Waals surface area contributed by atoms with Crippen LogP contribution in [0.25, 0.3) is 11.0 Å². The van der Waals surface area contributed by atoms with Crippen molar-refractivity contribution in [1.29, 1.82) is 0 Å². The van der Waals surface area contributed by atoms with Crippen LogP contribution in [-0.2, 0) is 16.1 Å². The van der Waals surface area contributed by atoms with E-state index < -0.39 is 11.7 Å². The second-order valence-electron chi connectivity index (χ2n) is 3.50. The fourth-order valence-corrected chi connectivity index (χ4v) is 1.47. The molecule has 0 bridgehead atoms. The Bertz CT molecular complexity index is 542. The second-order valence-corrected chi connectivity index (χ2v) is 3.50. The number of furan rings is 1. The summed E-state index contributed by atoms with van der Waals surface area (Å²) in [5.41, 5.74) is 1.64. The van der Waals surface area contributed by atoms with Gasteiger partial charge in [0.2, 0.25) is 5.78 Å². The summed E-state index contributed by atoms with van der Waals surface area (Å²) >= 11 is 0. The van der Waals surface area contributed by atoms with Crippen molar-refractivity contribution in [2.24, 2.45) is 0 Å². The van der Waals surface area contributed by atoms with Crippen LogP contribution in [0.3, 0.4) is 0 Å². The van der Waals surface area contributed by atoms with Crippen LogP contribution in [0.5, 0.6) is 0 Å². The number of Topliss-reactive ketones (excluding diaryl/α,β-unsaturated/α-hetero) is 1. The van der Waals surface area contributed by atoms with Gasteiger partial charge in [0.15, 0.2) is 0 Å². The first-order chi connectivity index (χ1) is 7.68. The molecule has 0 aliphatic rings. The molecule has 4 heteroatoms. The third-order valence-corrected chi connectivity index (χ3v) is 2.32. The highest BCUT2D eigenvalue weighted by molar-refractivity contribution is 6.35. The lowest BCUT2D eigenvalue weighted by atomic mass is 10.2. The van der Waals surface area contributed by atoms with E-state index in [1.54, 1.807) is 6.26 Å². The molecule has 1 aromatic carbocycles. The fraction of sp³-hybridized carbons (Fsp3) is 0.167. The van der Waals surface area contributed by atoms with E-state index in [1.807, 2.05) is 24.3 Å². The van der Waals surface area contributed by atoms with Gasteiger partial charge in [0.25, 0.3) is 5.91 Å². The van der Waals surface area contributed by atoms with Crippen molar-refractivity contribution in [3.8, 4) is 0 Å². The molecular formula is C12H11NO3. The van der Waals surface area contributed by atoms with Crippen LogP contribution in [-0.4, -0.2) is 11.7 Å². The van der Waals surface area contributed by atoms with Gasteiger partial charge in [-0.1, -0.05) is 18.2 Å². The van der Waals surface area contributed by atoms with Gasteiger partial charge in [0.05, 0.1) is 6.26 Å². The highest BCUT2D eigenvalue weighted by Gasteiger charge is 2.09. The molecule has 0 saturated carbocycles. The number of hydrogen-bond donors (Lipinski definition) is 1. The highest BCUT2D eigenvalue weighted by atomic mass is 16.3. The molecule has 0 atom stereocenters. The number of ketones is 1. The molecule has 0 radical (unpaired) electrons. The van der Waals surface area contributed by atoms with Gasteiger partial charge < -0.3 is 9.73 Å². The van der Waals surface area contributed by atoms with Crippen molar-refractivity contribution in [2.75, 3.05) is 0 Å². The van der Waals surface area contributed by atoms with E-state index in [4.69, 9.17) is 4.42 Å². The second kappa shape index (κ2) is 4.18. The molecule has 0 spiro atoms. The Morgan fingerprint density at radius 3 is 2.81 bits per heavy atom. The highest BCUT2D eigenvalue weighted by Crippen LogP contribution is 2.20. The predicted molar refractivity (Wildman–Crippen MR) is 58.7 cm³/mol. The van der Waals surface area contributed by atoms with Crippen molar-refractivity contribution >= 4 is 22.7 Å². The lowest BCUT2D eigenvalue weighted by molar-refractivity contribution is -0.136. The minimum absolute atomic E-state index is 0.301. The number of benzene rings is 1. The quantitative estimate of drug-likeness (QED) is 0.795. The Morgan fingerprint density at radius 2 is 2.06 bits per heavy atom. The van der Waals surface area contributed by atoms with Crippen LogP contribution in [0.1, 0.15) is 12.5 Å². The molecule has 16 heavy (non-hydrogen) atoms. The summed E-state index contributed by atoms with van der Waals surface area (Å²) < 4.78 is 5.31. The van der Waals surface area contributed by atoms with Crippen LogP contribution in [0.4, 0.5) is 0 Å². The van der Waals surface area contributed by atoms with Crippen LogP contribution in [0.15, 0.2) is 34.9 Å². The number of rotatable bonds is 3. The summed E-state index contributed by atoms with van der Waals surface area (Å²) in [7, 11) is 0. The molecule has 82 valence electrons. The standard InChI is InChI=1S/C12H11NO3/c1-8(14)12(15)13-6-9-7-16-11-5-3-2-4-10(9)11/h2-5,7H,6H2,1H3,(H,13,15). The maximum atomic E-state index is 11.1. The molecule has 0 saturated heterocycles. The summed E-state index contributed by atoms with van der Waals surface area (Å²) in [6.45, 7) is 1.54. The molecule has 0 aliphatic carbocycles. The molecule has 4 nitrogen and oxygen atoms in total. The van der Waals surface area contributed by atoms with Crippen LogP contribution in [0.2, 0.25) is 0 Å². The van der Waals surface area contributed by atoms with E-state index in [9.17, 15) is 9.59 Å². The number of fused-ring (bicyclic) bond motifs is 1. The Morgan fingerprint density at radius 1 is 1.31 bits per heavy atom. The first kappa shape index (κ1) is 10.4. The zero-order valence-corrected chi connectivity index (χ0v) is 8.82. The zero-order chi connectivity index (χ0) is 11.5. The zero-order valence-electron chi connectivity index (χ0n) is 8.82. The molecule has 2 aromatic rings. The summed E-state index contributed by atoms with van der Waals surface area (Å²) in [6, 6.07) is 7.54. The van der Waals surface area contributed by atoms with Crippen molar-refractivity contribution in [2.45, 2.75) is 13.5 Å². The molecular weight excluding hydrogens is 206 g/mol. The van der Waals surface area contributed by atoms with E-state index >= 15 is 0 Å². The topological polar surface area (TPSA) is 59.3 Å². The normalized spacial score (nSPS) is 10.3. The minimum atomic E-state index is -0.578. The van der Waals surface area contributed by atoms with E-state index in [0.717, 1.165) is 16.5 Å². The molecule has 1 N–H and O–H groups in total. The SMILES string of the molecule is CC(=O)C(=O)NCc1coc2ccccc12. The number of para-hydroxylation sites is 1. The molecule has 1 amide bonds. The Kier molecular flexibility index (Phi) is 2.72. The van der Waals surface area contributed by atoms with Gasteiger partial charge in [-0.15, -0.1) is 0 Å². The number of carbonyl (C=O) groups is 2. The van der Waals surface area contributed by atoms with Crippen LogP contribution in [0, 0.1) is 0 Å². The third-order valence-electron chi connectivity index (χ3n) is 2.32. The first-order valence-electron chi connectivity index (χ1n) is 4.92. The number of nitrogens with one attached hydrogen (secondary N) is 1. The van der Waals surface area contributed by atoms with Gasteiger partial charge in [-0.2, -0.15) is 0 Å². The van der Waals surface area contributed by atoms with Crippen molar-refractivity contribution < 1.29 is 14.0 Å². The molecule has 0 fully saturated rings. The number of hydrogen-bond acceptors (Lipinski definition) is 3. The van der Waals surface area contributed by atoms with E-state index in [2.05, 4.69) is 5.32 Å². The van der Waals surface area contributed by atoms with Gasteiger partial charge in [-0.25, -0.2) is 0 Å². The maximum absolute atomic E-state index is 11.1. The van der Waals surface area contributed by atoms with E-state index in [0.29, 0.717) is 6.54 Å². The summed E-state index contributed by atoms with van der Waals surface area (Å²) in [6.07, 6.45) is 1.59. The van der Waals surface area contributed by atoms with Gasteiger partial charge >= 0.3 is 0 Å². The van der Waals surface area contributed by atoms with Gasteiger partial charge in [0.1, 0.15) is 5.58 Å². The fourth-order valence-electron chi connectivity index (χ4n) is 1.47. The average Bonchev–Trinajstić information content (AvgIpc) is 2.69. The smallest absolute Gasteiger partial charge is 0.287 e. The van der Waals surface area contributed by atoms with E-state index in [1.165, 1.54) is 6.92 Å². The van der Waals surface area contributed by atoms with Crippen LogP contribution < -0.4 is 5.32 Å². The molecule has 0 aliphatic heterocycles. The van der Waals surface area contributed by atoms with Crippen LogP contribution >= 0.6 is 0 Å². The van der Waals surface area contributed by atoms with E-state index in [-0.39, 0.29) is 0 Å². The Balaban J connectivity index is 2.16. The lowest BCUT2D eigenvalue weighted by Crippen LogP contribution is -2.28. The lowest BCUT2D eigenvalue weighted by Gasteiger charge is -2.00. The van der Waals surface area contributed by atoms with Crippen molar-refractivity contribution in [3.63, 3.8) is 0 Å². The van der Waals surface area contributed by atoms with Crippen molar-refractivity contribution in [3.05, 3.63) is 36.1 Å². The number of amides is 1. The Hall–Kier alpha value is -2.10. The average molecular weight is 217 g/mol.